The first-order chi connectivity index (χ1) is 10.1. The second kappa shape index (κ2) is 9.00. The Morgan fingerprint density at radius 3 is 2.10 bits per heavy atom. The van der Waals surface area contributed by atoms with Crippen molar-refractivity contribution in [3.05, 3.63) is 23.8 Å². The SMILES string of the molecule is CCOC(=O)CCCCC(=O)c1c(OC)cccc1OC. The maximum absolute atomic E-state index is 12.3. The molecule has 0 aliphatic carbocycles. The van der Waals surface area contributed by atoms with Crippen LogP contribution in [0.15, 0.2) is 18.2 Å². The third-order valence-corrected chi connectivity index (χ3v) is 3.05. The minimum absolute atomic E-state index is 0.0480. The van der Waals surface area contributed by atoms with Crippen LogP contribution in [0.25, 0.3) is 0 Å². The van der Waals surface area contributed by atoms with Crippen molar-refractivity contribution in [3.63, 3.8) is 0 Å². The molecule has 0 aliphatic rings. The van der Waals surface area contributed by atoms with Gasteiger partial charge in [-0.2, -0.15) is 0 Å². The predicted octanol–water partition coefficient (Wildman–Crippen LogP) is 3.01. The summed E-state index contributed by atoms with van der Waals surface area (Å²) >= 11 is 0. The van der Waals surface area contributed by atoms with Crippen LogP contribution < -0.4 is 9.47 Å². The van der Waals surface area contributed by atoms with Gasteiger partial charge in [-0.25, -0.2) is 0 Å². The minimum atomic E-state index is -0.222. The number of carbonyl (C=O) groups excluding carboxylic acids is 2. The van der Waals surface area contributed by atoms with E-state index in [1.807, 2.05) is 0 Å². The van der Waals surface area contributed by atoms with Crippen LogP contribution in [0.4, 0.5) is 0 Å². The number of carbonyl (C=O) groups is 2. The van der Waals surface area contributed by atoms with Crippen LogP contribution >= 0.6 is 0 Å². The summed E-state index contributed by atoms with van der Waals surface area (Å²) in [6.07, 6.45) is 1.93. The van der Waals surface area contributed by atoms with Gasteiger partial charge in [-0.3, -0.25) is 9.59 Å². The van der Waals surface area contributed by atoms with E-state index in [-0.39, 0.29) is 11.8 Å². The summed E-state index contributed by atoms with van der Waals surface area (Å²) in [4.78, 5) is 23.5. The van der Waals surface area contributed by atoms with Crippen molar-refractivity contribution in [2.24, 2.45) is 0 Å². The van der Waals surface area contributed by atoms with Gasteiger partial charge in [0.15, 0.2) is 5.78 Å². The average molecular weight is 294 g/mol. The Kier molecular flexibility index (Phi) is 7.29. The fourth-order valence-corrected chi connectivity index (χ4v) is 2.04. The van der Waals surface area contributed by atoms with Crippen LogP contribution in [0.5, 0.6) is 11.5 Å². The summed E-state index contributed by atoms with van der Waals surface area (Å²) in [5, 5.41) is 0. The van der Waals surface area contributed by atoms with Crippen LogP contribution in [-0.4, -0.2) is 32.6 Å². The molecule has 0 spiro atoms. The number of unbranched alkanes of at least 4 members (excludes halogenated alkanes) is 1. The van der Waals surface area contributed by atoms with Crippen molar-refractivity contribution in [1.82, 2.24) is 0 Å². The zero-order chi connectivity index (χ0) is 15.7. The molecule has 5 nitrogen and oxygen atoms in total. The molecule has 116 valence electrons. The standard InChI is InChI=1S/C16H22O5/c1-4-21-15(18)11-6-5-8-12(17)16-13(19-2)9-7-10-14(16)20-3/h7,9-10H,4-6,8,11H2,1-3H3. The summed E-state index contributed by atoms with van der Waals surface area (Å²) in [6, 6.07) is 5.23. The fraction of sp³-hybridized carbons (Fsp3) is 0.500. The maximum Gasteiger partial charge on any atom is 0.305 e. The van der Waals surface area contributed by atoms with Gasteiger partial charge < -0.3 is 14.2 Å². The summed E-state index contributed by atoms with van der Waals surface area (Å²) < 4.78 is 15.3. The van der Waals surface area contributed by atoms with Gasteiger partial charge in [0.25, 0.3) is 0 Å². The number of benzene rings is 1. The Hall–Kier alpha value is -2.04. The summed E-state index contributed by atoms with van der Waals surface area (Å²) in [6.45, 7) is 2.16. The monoisotopic (exact) mass is 294 g/mol. The highest BCUT2D eigenvalue weighted by atomic mass is 16.5. The lowest BCUT2D eigenvalue weighted by Crippen LogP contribution is -2.06. The lowest BCUT2D eigenvalue weighted by Gasteiger charge is -2.11. The molecule has 0 bridgehead atoms. The van der Waals surface area contributed by atoms with E-state index in [0.29, 0.717) is 49.4 Å². The van der Waals surface area contributed by atoms with Gasteiger partial charge in [-0.05, 0) is 31.9 Å². The maximum atomic E-state index is 12.3. The molecular formula is C16H22O5. The van der Waals surface area contributed by atoms with E-state index in [2.05, 4.69) is 0 Å². The number of ether oxygens (including phenoxy) is 3. The van der Waals surface area contributed by atoms with Gasteiger partial charge in [0.2, 0.25) is 0 Å². The number of methoxy groups -OCH3 is 2. The number of Topliss-reactive ketones (excluding diaryl/α,β-unsaturated/α-hetero) is 1. The highest BCUT2D eigenvalue weighted by Crippen LogP contribution is 2.29. The van der Waals surface area contributed by atoms with Crippen LogP contribution in [0.2, 0.25) is 0 Å². The van der Waals surface area contributed by atoms with E-state index in [0.717, 1.165) is 0 Å². The molecule has 0 unspecified atom stereocenters. The molecule has 0 amide bonds. The molecule has 0 fully saturated rings. The molecule has 0 radical (unpaired) electrons. The number of esters is 1. The van der Waals surface area contributed by atoms with E-state index < -0.39 is 0 Å². The van der Waals surface area contributed by atoms with Crippen molar-refractivity contribution < 1.29 is 23.8 Å². The first-order valence-corrected chi connectivity index (χ1v) is 7.03. The fourth-order valence-electron chi connectivity index (χ4n) is 2.04. The van der Waals surface area contributed by atoms with E-state index in [1.54, 1.807) is 25.1 Å². The second-order valence-electron chi connectivity index (χ2n) is 4.47. The van der Waals surface area contributed by atoms with Gasteiger partial charge in [0.1, 0.15) is 17.1 Å². The molecule has 21 heavy (non-hydrogen) atoms. The van der Waals surface area contributed by atoms with Gasteiger partial charge in [-0.1, -0.05) is 6.07 Å². The zero-order valence-corrected chi connectivity index (χ0v) is 12.8. The molecule has 1 aromatic rings. The lowest BCUT2D eigenvalue weighted by atomic mass is 10.0. The first kappa shape index (κ1) is 17.0. The molecule has 0 saturated carbocycles. The Bertz CT molecular complexity index is 459. The number of ketones is 1. The van der Waals surface area contributed by atoms with Crippen molar-refractivity contribution in [2.75, 3.05) is 20.8 Å². The Labute approximate surface area is 125 Å². The van der Waals surface area contributed by atoms with Gasteiger partial charge in [0.05, 0.1) is 20.8 Å². The van der Waals surface area contributed by atoms with Gasteiger partial charge in [-0.15, -0.1) is 0 Å². The van der Waals surface area contributed by atoms with Crippen molar-refractivity contribution >= 4 is 11.8 Å². The third-order valence-electron chi connectivity index (χ3n) is 3.05. The van der Waals surface area contributed by atoms with Gasteiger partial charge >= 0.3 is 5.97 Å². The molecule has 0 heterocycles. The Morgan fingerprint density at radius 1 is 1.00 bits per heavy atom. The highest BCUT2D eigenvalue weighted by molar-refractivity contribution is 6.01. The second-order valence-corrected chi connectivity index (χ2v) is 4.47. The summed E-state index contributed by atoms with van der Waals surface area (Å²) in [5.41, 5.74) is 0.457. The van der Waals surface area contributed by atoms with Crippen molar-refractivity contribution in [3.8, 4) is 11.5 Å². The topological polar surface area (TPSA) is 61.8 Å². The molecule has 5 heteroatoms. The third kappa shape index (κ3) is 5.10. The first-order valence-electron chi connectivity index (χ1n) is 7.03. The zero-order valence-electron chi connectivity index (χ0n) is 12.8. The molecule has 0 aliphatic heterocycles. The highest BCUT2D eigenvalue weighted by Gasteiger charge is 2.17. The molecule has 1 rings (SSSR count). The average Bonchev–Trinajstić information content (AvgIpc) is 2.50. The van der Waals surface area contributed by atoms with Crippen LogP contribution in [0, 0.1) is 0 Å². The van der Waals surface area contributed by atoms with E-state index in [4.69, 9.17) is 14.2 Å². The van der Waals surface area contributed by atoms with E-state index >= 15 is 0 Å². The number of rotatable bonds is 9. The van der Waals surface area contributed by atoms with Crippen LogP contribution in [0.1, 0.15) is 43.0 Å². The normalized spacial score (nSPS) is 10.0. The molecule has 0 N–H and O–H groups in total. The number of hydrogen-bond donors (Lipinski definition) is 0. The van der Waals surface area contributed by atoms with Crippen LogP contribution in [-0.2, 0) is 9.53 Å². The quantitative estimate of drug-likeness (QED) is 0.398. The molecule has 0 aromatic heterocycles. The Balaban J connectivity index is 2.58. The lowest BCUT2D eigenvalue weighted by molar-refractivity contribution is -0.143. The van der Waals surface area contributed by atoms with E-state index in [1.165, 1.54) is 14.2 Å². The van der Waals surface area contributed by atoms with Crippen LogP contribution in [0.3, 0.4) is 0 Å². The largest absolute Gasteiger partial charge is 0.496 e. The summed E-state index contributed by atoms with van der Waals surface area (Å²) in [5.74, 6) is 0.738. The summed E-state index contributed by atoms with van der Waals surface area (Å²) in [7, 11) is 3.04. The van der Waals surface area contributed by atoms with E-state index in [9.17, 15) is 9.59 Å². The Morgan fingerprint density at radius 2 is 1.57 bits per heavy atom. The predicted molar refractivity (Wildman–Crippen MR) is 79.0 cm³/mol. The van der Waals surface area contributed by atoms with Crippen molar-refractivity contribution in [1.29, 1.82) is 0 Å². The molecule has 0 atom stereocenters. The number of hydrogen-bond acceptors (Lipinski definition) is 5. The minimum Gasteiger partial charge on any atom is -0.496 e. The molecule has 0 saturated heterocycles. The van der Waals surface area contributed by atoms with Gasteiger partial charge in [0, 0.05) is 12.8 Å². The van der Waals surface area contributed by atoms with Crippen molar-refractivity contribution in [2.45, 2.75) is 32.6 Å². The smallest absolute Gasteiger partial charge is 0.305 e. The molecule has 1 aromatic carbocycles. The molecular weight excluding hydrogens is 272 g/mol.